The van der Waals surface area contributed by atoms with Crippen LogP contribution < -0.4 is 5.73 Å². The molecule has 0 saturated carbocycles. The van der Waals surface area contributed by atoms with Crippen LogP contribution in [0, 0.1) is 5.41 Å². The minimum atomic E-state index is 0.154. The summed E-state index contributed by atoms with van der Waals surface area (Å²) in [6.45, 7) is 6.79. The van der Waals surface area contributed by atoms with Crippen LogP contribution in [0.25, 0.3) is 0 Å². The van der Waals surface area contributed by atoms with Crippen molar-refractivity contribution in [1.29, 1.82) is 0 Å². The van der Waals surface area contributed by atoms with E-state index < -0.39 is 0 Å². The molecule has 1 aliphatic rings. The summed E-state index contributed by atoms with van der Waals surface area (Å²) in [5.41, 5.74) is 7.89. The second kappa shape index (κ2) is 6.40. The Hall–Kier alpha value is -1.35. The second-order valence-electron chi connectivity index (χ2n) is 5.90. The number of hydrogen-bond acceptors (Lipinski definition) is 2. The number of nitrogens with two attached hydrogens (primary N) is 1. The Morgan fingerprint density at radius 3 is 2.45 bits per heavy atom. The van der Waals surface area contributed by atoms with Gasteiger partial charge in [-0.15, -0.1) is 0 Å². The largest absolute Gasteiger partial charge is 0.339 e. The van der Waals surface area contributed by atoms with Crippen LogP contribution in [-0.2, 0) is 6.54 Å². The monoisotopic (exact) mass is 274 g/mol. The molecule has 0 atom stereocenters. The van der Waals surface area contributed by atoms with Crippen molar-refractivity contribution in [2.45, 2.75) is 46.1 Å². The third-order valence-electron chi connectivity index (χ3n) is 5.02. The van der Waals surface area contributed by atoms with Gasteiger partial charge in [0, 0.05) is 25.2 Å². The quantitative estimate of drug-likeness (QED) is 0.916. The predicted molar refractivity (Wildman–Crippen MR) is 82.5 cm³/mol. The average Bonchev–Trinajstić information content (AvgIpc) is 2.54. The second-order valence-corrected chi connectivity index (χ2v) is 5.90. The number of nitrogens with zero attached hydrogens (tertiary/aromatic N) is 1. The van der Waals surface area contributed by atoms with Crippen LogP contribution in [0.2, 0.25) is 0 Å². The van der Waals surface area contributed by atoms with Crippen LogP contribution in [-0.4, -0.2) is 23.9 Å². The van der Waals surface area contributed by atoms with Crippen molar-refractivity contribution in [2.24, 2.45) is 11.1 Å². The molecule has 0 radical (unpaired) electrons. The number of piperidine rings is 1. The minimum absolute atomic E-state index is 0.154. The number of carbonyl (C=O) groups excluding carboxylic acids is 1. The number of likely N-dealkylation sites (tertiary alicyclic amines) is 1. The van der Waals surface area contributed by atoms with Gasteiger partial charge in [0.25, 0.3) is 5.91 Å². The molecular formula is C17H26N2O. The molecule has 1 saturated heterocycles. The molecule has 0 aromatic heterocycles. The molecule has 2 rings (SSSR count). The van der Waals surface area contributed by atoms with Gasteiger partial charge in [-0.25, -0.2) is 0 Å². The first-order valence-electron chi connectivity index (χ1n) is 7.72. The zero-order valence-electron chi connectivity index (χ0n) is 12.7. The molecule has 0 unspecified atom stereocenters. The Morgan fingerprint density at radius 1 is 1.25 bits per heavy atom. The average molecular weight is 274 g/mol. The standard InChI is InChI=1S/C17H26N2O/c1-3-17(4-2)8-10-19(11-9-17)16(20)15-7-5-6-14(12-15)13-18/h5-7,12H,3-4,8-11,13,18H2,1-2H3. The fraction of sp³-hybridized carbons (Fsp3) is 0.588. The molecular weight excluding hydrogens is 248 g/mol. The fourth-order valence-electron chi connectivity index (χ4n) is 3.16. The summed E-state index contributed by atoms with van der Waals surface area (Å²) in [7, 11) is 0. The maximum Gasteiger partial charge on any atom is 0.253 e. The van der Waals surface area contributed by atoms with E-state index in [0.29, 0.717) is 12.0 Å². The van der Waals surface area contributed by atoms with Crippen molar-refractivity contribution in [3.05, 3.63) is 35.4 Å². The molecule has 110 valence electrons. The molecule has 3 heteroatoms. The maximum absolute atomic E-state index is 12.5. The first-order chi connectivity index (χ1) is 9.64. The van der Waals surface area contributed by atoms with Crippen molar-refractivity contribution in [3.8, 4) is 0 Å². The summed E-state index contributed by atoms with van der Waals surface area (Å²) in [5, 5.41) is 0. The van der Waals surface area contributed by atoms with Gasteiger partial charge in [0.1, 0.15) is 0 Å². The third-order valence-corrected chi connectivity index (χ3v) is 5.02. The van der Waals surface area contributed by atoms with Crippen molar-refractivity contribution >= 4 is 5.91 Å². The molecule has 1 amide bonds. The van der Waals surface area contributed by atoms with Gasteiger partial charge < -0.3 is 10.6 Å². The number of amides is 1. The molecule has 1 heterocycles. The lowest BCUT2D eigenvalue weighted by atomic mass is 9.74. The van der Waals surface area contributed by atoms with Gasteiger partial charge in [-0.3, -0.25) is 4.79 Å². The van der Waals surface area contributed by atoms with Gasteiger partial charge in [0.05, 0.1) is 0 Å². The number of carbonyl (C=O) groups is 1. The van der Waals surface area contributed by atoms with Crippen molar-refractivity contribution in [2.75, 3.05) is 13.1 Å². The van der Waals surface area contributed by atoms with E-state index in [4.69, 9.17) is 5.73 Å². The Kier molecular flexibility index (Phi) is 4.81. The van der Waals surface area contributed by atoms with E-state index in [-0.39, 0.29) is 5.91 Å². The number of rotatable bonds is 4. The SMILES string of the molecule is CCC1(CC)CCN(C(=O)c2cccc(CN)c2)CC1. The fourth-order valence-corrected chi connectivity index (χ4v) is 3.16. The van der Waals surface area contributed by atoms with Crippen LogP contribution in [0.1, 0.15) is 55.5 Å². The first-order valence-corrected chi connectivity index (χ1v) is 7.72. The topological polar surface area (TPSA) is 46.3 Å². The Labute approximate surface area is 122 Å². The van der Waals surface area contributed by atoms with Crippen LogP contribution in [0.4, 0.5) is 0 Å². The van der Waals surface area contributed by atoms with E-state index in [0.717, 1.165) is 37.1 Å². The van der Waals surface area contributed by atoms with E-state index in [1.54, 1.807) is 0 Å². The first kappa shape index (κ1) is 15.0. The van der Waals surface area contributed by atoms with Gasteiger partial charge in [-0.2, -0.15) is 0 Å². The van der Waals surface area contributed by atoms with Gasteiger partial charge in [0.2, 0.25) is 0 Å². The van der Waals surface area contributed by atoms with Gasteiger partial charge in [-0.05, 0) is 36.0 Å². The van der Waals surface area contributed by atoms with Crippen molar-refractivity contribution in [1.82, 2.24) is 4.90 Å². The van der Waals surface area contributed by atoms with Gasteiger partial charge >= 0.3 is 0 Å². The smallest absolute Gasteiger partial charge is 0.253 e. The van der Waals surface area contributed by atoms with Gasteiger partial charge in [0.15, 0.2) is 0 Å². The highest BCUT2D eigenvalue weighted by Crippen LogP contribution is 2.38. The molecule has 20 heavy (non-hydrogen) atoms. The molecule has 1 fully saturated rings. The highest BCUT2D eigenvalue weighted by Gasteiger charge is 2.33. The van der Waals surface area contributed by atoms with E-state index in [2.05, 4.69) is 13.8 Å². The Morgan fingerprint density at radius 2 is 1.90 bits per heavy atom. The highest BCUT2D eigenvalue weighted by atomic mass is 16.2. The summed E-state index contributed by atoms with van der Waals surface area (Å²) in [5.74, 6) is 0.154. The van der Waals surface area contributed by atoms with E-state index in [9.17, 15) is 4.79 Å². The zero-order valence-corrected chi connectivity index (χ0v) is 12.7. The molecule has 0 bridgehead atoms. The number of benzene rings is 1. The molecule has 1 aromatic rings. The van der Waals surface area contributed by atoms with Crippen LogP contribution in [0.15, 0.2) is 24.3 Å². The van der Waals surface area contributed by atoms with E-state index in [1.165, 1.54) is 12.8 Å². The van der Waals surface area contributed by atoms with Crippen molar-refractivity contribution < 1.29 is 4.79 Å². The van der Waals surface area contributed by atoms with Crippen LogP contribution in [0.3, 0.4) is 0 Å². The lowest BCUT2D eigenvalue weighted by Gasteiger charge is -2.41. The minimum Gasteiger partial charge on any atom is -0.339 e. The summed E-state index contributed by atoms with van der Waals surface area (Å²) < 4.78 is 0. The molecule has 0 aliphatic carbocycles. The zero-order chi connectivity index (χ0) is 14.6. The summed E-state index contributed by atoms with van der Waals surface area (Å²) in [6.07, 6.45) is 4.69. The summed E-state index contributed by atoms with van der Waals surface area (Å²) in [6, 6.07) is 7.70. The summed E-state index contributed by atoms with van der Waals surface area (Å²) in [4.78, 5) is 14.5. The molecule has 1 aromatic carbocycles. The summed E-state index contributed by atoms with van der Waals surface area (Å²) >= 11 is 0. The van der Waals surface area contributed by atoms with Crippen LogP contribution >= 0.6 is 0 Å². The lowest BCUT2D eigenvalue weighted by molar-refractivity contribution is 0.0557. The molecule has 0 spiro atoms. The maximum atomic E-state index is 12.5. The van der Waals surface area contributed by atoms with E-state index >= 15 is 0 Å². The Balaban J connectivity index is 2.04. The molecule has 2 N–H and O–H groups in total. The van der Waals surface area contributed by atoms with Crippen molar-refractivity contribution in [3.63, 3.8) is 0 Å². The molecule has 3 nitrogen and oxygen atoms in total. The predicted octanol–water partition coefficient (Wildman–Crippen LogP) is 3.19. The molecule has 1 aliphatic heterocycles. The normalized spacial score (nSPS) is 18.1. The highest BCUT2D eigenvalue weighted by molar-refractivity contribution is 5.94. The van der Waals surface area contributed by atoms with Crippen LogP contribution in [0.5, 0.6) is 0 Å². The van der Waals surface area contributed by atoms with E-state index in [1.807, 2.05) is 29.2 Å². The number of hydrogen-bond donors (Lipinski definition) is 1. The Bertz CT molecular complexity index is 456. The third kappa shape index (κ3) is 3.04. The van der Waals surface area contributed by atoms with Gasteiger partial charge in [-0.1, -0.05) is 38.8 Å². The lowest BCUT2D eigenvalue weighted by Crippen LogP contribution is -2.42.